The number of amides is 2. The zero-order valence-corrected chi connectivity index (χ0v) is 14.3. The van der Waals surface area contributed by atoms with Crippen molar-refractivity contribution in [3.8, 4) is 0 Å². The van der Waals surface area contributed by atoms with E-state index in [1.165, 1.54) is 37.6 Å². The van der Waals surface area contributed by atoms with Gasteiger partial charge in [0.25, 0.3) is 11.1 Å². The molecule has 2 fully saturated rings. The molecule has 2 aromatic rings. The molecule has 1 saturated carbocycles. The Morgan fingerprint density at radius 2 is 2.00 bits per heavy atom. The van der Waals surface area contributed by atoms with Crippen LogP contribution in [0.4, 0.5) is 4.79 Å². The van der Waals surface area contributed by atoms with E-state index in [0.29, 0.717) is 4.91 Å². The highest BCUT2D eigenvalue weighted by Gasteiger charge is 2.25. The van der Waals surface area contributed by atoms with Gasteiger partial charge in [0.1, 0.15) is 0 Å². The summed E-state index contributed by atoms with van der Waals surface area (Å²) < 4.78 is 2.33. The third kappa shape index (κ3) is 3.00. The molecule has 1 N–H and O–H groups in total. The van der Waals surface area contributed by atoms with Crippen molar-refractivity contribution in [1.82, 2.24) is 9.88 Å². The normalized spacial score (nSPS) is 20.9. The summed E-state index contributed by atoms with van der Waals surface area (Å²) in [4.78, 5) is 23.6. The number of thioether (sulfide) groups is 1. The molecule has 1 aromatic heterocycles. The molecular formula is C19H20N2O2S. The number of imide groups is 1. The molecule has 2 amide bonds. The van der Waals surface area contributed by atoms with E-state index in [9.17, 15) is 9.59 Å². The monoisotopic (exact) mass is 340 g/mol. The SMILES string of the molecule is O=C1NC(=O)C(=Cc2cccc3c2ccn3CC2CCCCC2)S1. The number of nitrogens with one attached hydrogen (secondary N) is 1. The number of rotatable bonds is 3. The smallest absolute Gasteiger partial charge is 0.290 e. The first kappa shape index (κ1) is 15.5. The van der Waals surface area contributed by atoms with Crippen LogP contribution in [0.15, 0.2) is 35.4 Å². The first-order chi connectivity index (χ1) is 11.7. The summed E-state index contributed by atoms with van der Waals surface area (Å²) in [5, 5.41) is 3.14. The Morgan fingerprint density at radius 3 is 2.75 bits per heavy atom. The van der Waals surface area contributed by atoms with Crippen LogP contribution < -0.4 is 5.32 Å². The lowest BCUT2D eigenvalue weighted by atomic mass is 9.89. The van der Waals surface area contributed by atoms with E-state index in [1.807, 2.05) is 18.2 Å². The van der Waals surface area contributed by atoms with Crippen LogP contribution in [-0.4, -0.2) is 15.7 Å². The van der Waals surface area contributed by atoms with Crippen LogP contribution in [0.2, 0.25) is 0 Å². The maximum atomic E-state index is 11.8. The number of fused-ring (bicyclic) bond motifs is 1. The van der Waals surface area contributed by atoms with Crippen molar-refractivity contribution < 1.29 is 9.59 Å². The summed E-state index contributed by atoms with van der Waals surface area (Å²) in [6, 6.07) is 8.26. The fourth-order valence-corrected chi connectivity index (χ4v) is 4.42. The molecule has 0 radical (unpaired) electrons. The minimum absolute atomic E-state index is 0.298. The zero-order chi connectivity index (χ0) is 16.5. The lowest BCUT2D eigenvalue weighted by molar-refractivity contribution is -0.115. The molecule has 4 rings (SSSR count). The Labute approximate surface area is 145 Å². The van der Waals surface area contributed by atoms with Crippen molar-refractivity contribution in [3.05, 3.63) is 40.9 Å². The first-order valence-electron chi connectivity index (χ1n) is 8.53. The first-order valence-corrected chi connectivity index (χ1v) is 9.35. The van der Waals surface area contributed by atoms with Crippen molar-refractivity contribution in [1.29, 1.82) is 0 Å². The molecule has 0 atom stereocenters. The topological polar surface area (TPSA) is 51.1 Å². The van der Waals surface area contributed by atoms with E-state index in [4.69, 9.17) is 0 Å². The Kier molecular flexibility index (Phi) is 4.19. The maximum absolute atomic E-state index is 11.8. The quantitative estimate of drug-likeness (QED) is 0.834. The van der Waals surface area contributed by atoms with Gasteiger partial charge in [-0.15, -0.1) is 0 Å². The highest BCUT2D eigenvalue weighted by molar-refractivity contribution is 8.18. The standard InChI is InChI=1S/C19H20N2O2S/c22-18-17(24-19(23)20-18)11-14-7-4-8-16-15(14)9-10-21(16)12-13-5-2-1-3-6-13/h4,7-11,13H,1-3,5-6,12H2,(H,20,22,23). The molecule has 1 aromatic carbocycles. The third-order valence-electron chi connectivity index (χ3n) is 4.96. The van der Waals surface area contributed by atoms with E-state index < -0.39 is 0 Å². The molecule has 124 valence electrons. The molecule has 0 spiro atoms. The van der Waals surface area contributed by atoms with E-state index in [2.05, 4.69) is 28.2 Å². The van der Waals surface area contributed by atoms with Crippen molar-refractivity contribution in [2.24, 2.45) is 5.92 Å². The van der Waals surface area contributed by atoms with Crippen molar-refractivity contribution in [3.63, 3.8) is 0 Å². The Balaban J connectivity index is 1.65. The molecule has 4 nitrogen and oxygen atoms in total. The van der Waals surface area contributed by atoms with Crippen LogP contribution in [0.1, 0.15) is 37.7 Å². The van der Waals surface area contributed by atoms with Gasteiger partial charge in [-0.1, -0.05) is 31.4 Å². The number of carbonyl (C=O) groups is 2. The summed E-state index contributed by atoms with van der Waals surface area (Å²) in [6.07, 6.45) is 10.7. The highest BCUT2D eigenvalue weighted by atomic mass is 32.2. The van der Waals surface area contributed by atoms with Gasteiger partial charge in [0.15, 0.2) is 0 Å². The van der Waals surface area contributed by atoms with Crippen LogP contribution in [0, 0.1) is 5.92 Å². The van der Waals surface area contributed by atoms with Gasteiger partial charge in [-0.3, -0.25) is 14.9 Å². The lowest BCUT2D eigenvalue weighted by Crippen LogP contribution is -2.17. The van der Waals surface area contributed by atoms with Crippen LogP contribution in [0.3, 0.4) is 0 Å². The van der Waals surface area contributed by atoms with Gasteiger partial charge in [0.2, 0.25) is 0 Å². The highest BCUT2D eigenvalue weighted by Crippen LogP contribution is 2.30. The van der Waals surface area contributed by atoms with Crippen LogP contribution in [0.5, 0.6) is 0 Å². The van der Waals surface area contributed by atoms with Gasteiger partial charge in [0, 0.05) is 23.6 Å². The van der Waals surface area contributed by atoms with Crippen molar-refractivity contribution >= 4 is 39.9 Å². The number of aromatic nitrogens is 1. The van der Waals surface area contributed by atoms with E-state index in [1.54, 1.807) is 0 Å². The van der Waals surface area contributed by atoms with Gasteiger partial charge in [-0.25, -0.2) is 0 Å². The average Bonchev–Trinajstić information content (AvgIpc) is 3.13. The van der Waals surface area contributed by atoms with Crippen molar-refractivity contribution in [2.45, 2.75) is 38.6 Å². The number of hydrogen-bond donors (Lipinski definition) is 1. The van der Waals surface area contributed by atoms with Gasteiger partial charge >= 0.3 is 0 Å². The number of carbonyl (C=O) groups excluding carboxylic acids is 2. The summed E-state index contributed by atoms with van der Waals surface area (Å²) in [7, 11) is 0. The molecule has 5 heteroatoms. The molecule has 1 saturated heterocycles. The zero-order valence-electron chi connectivity index (χ0n) is 13.5. The molecule has 2 heterocycles. The fourth-order valence-electron chi connectivity index (χ4n) is 3.74. The van der Waals surface area contributed by atoms with E-state index >= 15 is 0 Å². The van der Waals surface area contributed by atoms with Gasteiger partial charge in [0.05, 0.1) is 4.91 Å². The maximum Gasteiger partial charge on any atom is 0.290 e. The molecule has 1 aliphatic carbocycles. The number of benzene rings is 1. The third-order valence-corrected chi connectivity index (χ3v) is 5.77. The molecule has 0 bridgehead atoms. The number of nitrogens with zero attached hydrogens (tertiary/aromatic N) is 1. The lowest BCUT2D eigenvalue weighted by Gasteiger charge is -2.22. The summed E-state index contributed by atoms with van der Waals surface area (Å²) in [5.41, 5.74) is 2.19. The van der Waals surface area contributed by atoms with E-state index in [-0.39, 0.29) is 11.1 Å². The van der Waals surface area contributed by atoms with Gasteiger partial charge in [-0.2, -0.15) is 0 Å². The second-order valence-electron chi connectivity index (χ2n) is 6.60. The van der Waals surface area contributed by atoms with Crippen LogP contribution in [-0.2, 0) is 11.3 Å². The second-order valence-corrected chi connectivity index (χ2v) is 7.62. The van der Waals surface area contributed by atoms with Crippen LogP contribution in [0.25, 0.3) is 17.0 Å². The predicted octanol–water partition coefficient (Wildman–Crippen LogP) is 4.55. The fraction of sp³-hybridized carbons (Fsp3) is 0.368. The minimum Gasteiger partial charge on any atom is -0.347 e. The minimum atomic E-state index is -0.302. The molecule has 1 aliphatic heterocycles. The second kappa shape index (κ2) is 6.48. The predicted molar refractivity (Wildman–Crippen MR) is 97.6 cm³/mol. The number of hydrogen-bond acceptors (Lipinski definition) is 3. The molecular weight excluding hydrogens is 320 g/mol. The Bertz CT molecular complexity index is 831. The molecule has 24 heavy (non-hydrogen) atoms. The summed E-state index contributed by atoms with van der Waals surface area (Å²) in [5.74, 6) is 0.466. The Hall–Kier alpha value is -2.01. The largest absolute Gasteiger partial charge is 0.347 e. The summed E-state index contributed by atoms with van der Waals surface area (Å²) >= 11 is 0.967. The van der Waals surface area contributed by atoms with Gasteiger partial charge in [-0.05, 0) is 54.3 Å². The Morgan fingerprint density at radius 1 is 1.17 bits per heavy atom. The average molecular weight is 340 g/mol. The molecule has 0 unspecified atom stereocenters. The molecule has 2 aliphatic rings. The van der Waals surface area contributed by atoms with Gasteiger partial charge < -0.3 is 4.57 Å². The summed E-state index contributed by atoms with van der Waals surface area (Å²) in [6.45, 7) is 1.07. The van der Waals surface area contributed by atoms with Crippen LogP contribution >= 0.6 is 11.8 Å². The van der Waals surface area contributed by atoms with Crippen molar-refractivity contribution in [2.75, 3.05) is 0 Å². The van der Waals surface area contributed by atoms with E-state index in [0.717, 1.165) is 35.2 Å².